The Balaban J connectivity index is 2.00. The van der Waals surface area contributed by atoms with E-state index in [1.807, 2.05) is 67.6 Å². The van der Waals surface area contributed by atoms with Gasteiger partial charge in [0.15, 0.2) is 0 Å². The predicted octanol–water partition coefficient (Wildman–Crippen LogP) is 4.41. The predicted molar refractivity (Wildman–Crippen MR) is 97.7 cm³/mol. The molecule has 0 aromatic heterocycles. The molecule has 1 N–H and O–H groups in total. The minimum Gasteiger partial charge on any atom is -0.297 e. The molecule has 3 aromatic carbocycles. The van der Waals surface area contributed by atoms with Crippen molar-refractivity contribution in [1.82, 2.24) is 5.09 Å². The molecule has 0 spiro atoms. The molecule has 2 nitrogen and oxygen atoms in total. The standard InChI is InChI=1S/C20H19FNOP/c1-16(17-12-14-18(21)15-13-17)22-24(23,19-8-4-2-5-9-19)20-10-6-3-7-11-20/h2-16H,1H3,(H,22,23). The lowest BCUT2D eigenvalue weighted by atomic mass is 10.1. The van der Waals surface area contributed by atoms with Crippen molar-refractivity contribution in [3.05, 3.63) is 96.3 Å². The summed E-state index contributed by atoms with van der Waals surface area (Å²) in [5.74, 6) is -0.278. The van der Waals surface area contributed by atoms with Crippen molar-refractivity contribution in [2.75, 3.05) is 0 Å². The third-order valence-corrected chi connectivity index (χ3v) is 6.79. The largest absolute Gasteiger partial charge is 0.297 e. The quantitative estimate of drug-likeness (QED) is 0.698. The van der Waals surface area contributed by atoms with Gasteiger partial charge >= 0.3 is 0 Å². The van der Waals surface area contributed by atoms with Gasteiger partial charge < -0.3 is 0 Å². The second-order valence-corrected chi connectivity index (χ2v) is 8.19. The summed E-state index contributed by atoms with van der Waals surface area (Å²) in [5.41, 5.74) is 0.892. The average Bonchev–Trinajstić information content (AvgIpc) is 2.63. The Morgan fingerprint density at radius 1 is 0.792 bits per heavy atom. The summed E-state index contributed by atoms with van der Waals surface area (Å²) in [6.07, 6.45) is 0. The zero-order valence-electron chi connectivity index (χ0n) is 13.4. The third kappa shape index (κ3) is 3.48. The van der Waals surface area contributed by atoms with E-state index in [0.29, 0.717) is 0 Å². The molecule has 3 rings (SSSR count). The number of nitrogens with one attached hydrogen (secondary N) is 1. The van der Waals surface area contributed by atoms with Crippen LogP contribution < -0.4 is 15.7 Å². The monoisotopic (exact) mass is 339 g/mol. The molecule has 0 amide bonds. The van der Waals surface area contributed by atoms with Crippen LogP contribution in [0, 0.1) is 5.82 Å². The Labute approximate surface area is 141 Å². The molecule has 0 aliphatic rings. The Morgan fingerprint density at radius 3 is 1.71 bits per heavy atom. The average molecular weight is 339 g/mol. The van der Waals surface area contributed by atoms with E-state index in [1.165, 1.54) is 12.1 Å². The van der Waals surface area contributed by atoms with Gasteiger partial charge in [-0.1, -0.05) is 48.5 Å². The van der Waals surface area contributed by atoms with Crippen molar-refractivity contribution in [3.63, 3.8) is 0 Å². The van der Waals surface area contributed by atoms with E-state index in [2.05, 4.69) is 5.09 Å². The van der Waals surface area contributed by atoms with Crippen molar-refractivity contribution in [2.24, 2.45) is 0 Å². The fourth-order valence-electron chi connectivity index (χ4n) is 2.67. The Kier molecular flexibility index (Phi) is 4.94. The molecule has 0 radical (unpaired) electrons. The van der Waals surface area contributed by atoms with Gasteiger partial charge in [0.2, 0.25) is 7.29 Å². The zero-order chi connectivity index (χ0) is 17.0. The van der Waals surface area contributed by atoms with Crippen molar-refractivity contribution in [3.8, 4) is 0 Å². The normalized spacial score (nSPS) is 12.8. The first-order chi connectivity index (χ1) is 11.6. The van der Waals surface area contributed by atoms with Crippen LogP contribution in [-0.4, -0.2) is 0 Å². The molecule has 24 heavy (non-hydrogen) atoms. The van der Waals surface area contributed by atoms with Gasteiger partial charge in [0.1, 0.15) is 5.82 Å². The molecular formula is C20H19FNOP. The summed E-state index contributed by atoms with van der Waals surface area (Å²) in [4.78, 5) is 0. The number of rotatable bonds is 5. The van der Waals surface area contributed by atoms with Gasteiger partial charge in [-0.25, -0.2) is 4.39 Å². The van der Waals surface area contributed by atoms with Gasteiger partial charge in [-0.05, 0) is 48.9 Å². The van der Waals surface area contributed by atoms with Crippen LogP contribution in [0.1, 0.15) is 18.5 Å². The van der Waals surface area contributed by atoms with E-state index < -0.39 is 7.29 Å². The van der Waals surface area contributed by atoms with E-state index in [1.54, 1.807) is 12.1 Å². The summed E-state index contributed by atoms with van der Waals surface area (Å²) >= 11 is 0. The van der Waals surface area contributed by atoms with Crippen LogP contribution in [0.3, 0.4) is 0 Å². The van der Waals surface area contributed by atoms with E-state index in [9.17, 15) is 8.96 Å². The zero-order valence-corrected chi connectivity index (χ0v) is 14.3. The summed E-state index contributed by atoms with van der Waals surface area (Å²) in [7, 11) is -3.00. The van der Waals surface area contributed by atoms with E-state index in [-0.39, 0.29) is 11.9 Å². The Bertz CT molecular complexity index is 791. The van der Waals surface area contributed by atoms with Crippen molar-refractivity contribution >= 4 is 17.9 Å². The van der Waals surface area contributed by atoms with E-state index >= 15 is 0 Å². The highest BCUT2D eigenvalue weighted by Crippen LogP contribution is 2.41. The fraction of sp³-hybridized carbons (Fsp3) is 0.100. The van der Waals surface area contributed by atoms with Crippen LogP contribution in [0.2, 0.25) is 0 Å². The van der Waals surface area contributed by atoms with Crippen molar-refractivity contribution < 1.29 is 8.96 Å². The molecule has 3 aromatic rings. The molecule has 1 unspecified atom stereocenters. The van der Waals surface area contributed by atoms with Crippen LogP contribution >= 0.6 is 7.29 Å². The van der Waals surface area contributed by atoms with E-state index in [4.69, 9.17) is 0 Å². The minimum atomic E-state index is -3.00. The lowest BCUT2D eigenvalue weighted by Crippen LogP contribution is -2.29. The van der Waals surface area contributed by atoms with Crippen LogP contribution in [0.25, 0.3) is 0 Å². The molecule has 4 heteroatoms. The smallest absolute Gasteiger partial charge is 0.205 e. The molecule has 0 fully saturated rings. The first-order valence-electron chi connectivity index (χ1n) is 7.84. The molecule has 122 valence electrons. The second-order valence-electron chi connectivity index (χ2n) is 5.68. The van der Waals surface area contributed by atoms with Crippen LogP contribution in [0.5, 0.6) is 0 Å². The Morgan fingerprint density at radius 2 is 1.25 bits per heavy atom. The fourth-order valence-corrected chi connectivity index (χ4v) is 5.15. The highest BCUT2D eigenvalue weighted by atomic mass is 31.2. The number of hydrogen-bond acceptors (Lipinski definition) is 1. The third-order valence-electron chi connectivity index (χ3n) is 3.99. The van der Waals surface area contributed by atoms with Gasteiger partial charge in [-0.3, -0.25) is 9.65 Å². The summed E-state index contributed by atoms with van der Waals surface area (Å²) < 4.78 is 27.0. The van der Waals surface area contributed by atoms with Gasteiger partial charge in [0, 0.05) is 16.7 Å². The van der Waals surface area contributed by atoms with Crippen LogP contribution in [0.4, 0.5) is 4.39 Å². The minimum absolute atomic E-state index is 0.183. The molecule has 1 atom stereocenters. The summed E-state index contributed by atoms with van der Waals surface area (Å²) in [5, 5.41) is 4.80. The SMILES string of the molecule is CC(NP(=O)(c1ccccc1)c1ccccc1)c1ccc(F)cc1. The van der Waals surface area contributed by atoms with Crippen molar-refractivity contribution in [2.45, 2.75) is 13.0 Å². The van der Waals surface area contributed by atoms with Crippen LogP contribution in [0.15, 0.2) is 84.9 Å². The highest BCUT2D eigenvalue weighted by Gasteiger charge is 2.29. The first-order valence-corrected chi connectivity index (χ1v) is 9.55. The molecular weight excluding hydrogens is 320 g/mol. The highest BCUT2D eigenvalue weighted by molar-refractivity contribution is 7.76. The number of halogens is 1. The number of benzene rings is 3. The first kappa shape index (κ1) is 16.6. The van der Waals surface area contributed by atoms with Gasteiger partial charge in [-0.15, -0.1) is 0 Å². The van der Waals surface area contributed by atoms with Gasteiger partial charge in [0.05, 0.1) is 0 Å². The van der Waals surface area contributed by atoms with E-state index in [0.717, 1.165) is 16.2 Å². The maximum atomic E-state index is 13.9. The summed E-state index contributed by atoms with van der Waals surface area (Å²) in [6.45, 7) is 1.94. The molecule has 0 heterocycles. The molecule has 0 aliphatic heterocycles. The van der Waals surface area contributed by atoms with Gasteiger partial charge in [-0.2, -0.15) is 0 Å². The lowest BCUT2D eigenvalue weighted by Gasteiger charge is -2.25. The van der Waals surface area contributed by atoms with Crippen molar-refractivity contribution in [1.29, 1.82) is 0 Å². The maximum Gasteiger partial charge on any atom is 0.205 e. The lowest BCUT2D eigenvalue weighted by molar-refractivity contribution is 0.568. The van der Waals surface area contributed by atoms with Crippen LogP contribution in [-0.2, 0) is 4.57 Å². The molecule has 0 bridgehead atoms. The molecule has 0 aliphatic carbocycles. The summed E-state index contributed by atoms with van der Waals surface area (Å²) in [6, 6.07) is 24.9. The molecule has 0 saturated carbocycles. The Hall–Kier alpha value is -2.22. The topological polar surface area (TPSA) is 29.1 Å². The molecule has 0 saturated heterocycles. The number of hydrogen-bond donors (Lipinski definition) is 1. The van der Waals surface area contributed by atoms with Gasteiger partial charge in [0.25, 0.3) is 0 Å². The maximum absolute atomic E-state index is 13.9. The second kappa shape index (κ2) is 7.12.